The van der Waals surface area contributed by atoms with Gasteiger partial charge in [0.25, 0.3) is 11.5 Å². The molecule has 0 saturated heterocycles. The topological polar surface area (TPSA) is 77.1 Å². The molecular formula is C11H8Cl3N3O3. The molecule has 0 aromatic carbocycles. The Morgan fingerprint density at radius 2 is 2.15 bits per heavy atom. The van der Waals surface area contributed by atoms with E-state index < -0.39 is 21.4 Å². The lowest BCUT2D eigenvalue weighted by atomic mass is 10.4. The first-order valence-corrected chi connectivity index (χ1v) is 6.46. The monoisotopic (exact) mass is 335 g/mol. The first-order chi connectivity index (χ1) is 9.39. The number of nitrogens with zero attached hydrogens (tertiary/aromatic N) is 2. The van der Waals surface area contributed by atoms with Gasteiger partial charge in [-0.15, -0.1) is 0 Å². The smallest absolute Gasteiger partial charge is 0.288 e. The lowest BCUT2D eigenvalue weighted by Gasteiger charge is -2.26. The molecule has 0 aliphatic heterocycles. The van der Waals surface area contributed by atoms with Crippen molar-refractivity contribution in [2.24, 2.45) is 0 Å². The zero-order valence-electron chi connectivity index (χ0n) is 9.79. The van der Waals surface area contributed by atoms with Crippen LogP contribution in [-0.4, -0.2) is 19.3 Å². The van der Waals surface area contributed by atoms with Gasteiger partial charge in [0, 0.05) is 12.3 Å². The molecule has 0 saturated carbocycles. The Morgan fingerprint density at radius 1 is 1.40 bits per heavy atom. The Hall–Kier alpha value is -1.50. The Labute approximate surface area is 128 Å². The molecule has 0 fully saturated rings. The molecule has 20 heavy (non-hydrogen) atoms. The van der Waals surface area contributed by atoms with E-state index >= 15 is 0 Å². The van der Waals surface area contributed by atoms with Gasteiger partial charge in [0.1, 0.15) is 0 Å². The van der Waals surface area contributed by atoms with Crippen LogP contribution in [0, 0.1) is 0 Å². The van der Waals surface area contributed by atoms with E-state index in [1.807, 2.05) is 0 Å². The van der Waals surface area contributed by atoms with E-state index in [0.717, 1.165) is 10.9 Å². The van der Waals surface area contributed by atoms with E-state index in [9.17, 15) is 9.59 Å². The van der Waals surface area contributed by atoms with Crippen molar-refractivity contribution in [2.45, 2.75) is 9.96 Å². The van der Waals surface area contributed by atoms with E-state index in [0.29, 0.717) is 0 Å². The third-order valence-corrected chi connectivity index (χ3v) is 2.97. The second-order valence-corrected chi connectivity index (χ2v) is 6.09. The first kappa shape index (κ1) is 14.9. The molecule has 106 valence electrons. The highest BCUT2D eigenvalue weighted by Crippen LogP contribution is 2.36. The summed E-state index contributed by atoms with van der Waals surface area (Å²) in [4.78, 5) is 27.4. The molecule has 0 bridgehead atoms. The maximum atomic E-state index is 11.9. The van der Waals surface area contributed by atoms with Crippen molar-refractivity contribution in [3.63, 3.8) is 0 Å². The molecular weight excluding hydrogens is 328 g/mol. The van der Waals surface area contributed by atoms with Crippen LogP contribution in [0.5, 0.6) is 0 Å². The van der Waals surface area contributed by atoms with Crippen molar-refractivity contribution < 1.29 is 9.21 Å². The standard InChI is InChI=1S/C11H8Cl3N3O3/c12-11(13,14)10(17-6-15-4-3-8(17)18)16-9(19)7-2-1-5-20-7/h1-6,10H,(H,16,19)/t10-/m1/s1. The van der Waals surface area contributed by atoms with Crippen molar-refractivity contribution in [3.05, 3.63) is 53.1 Å². The number of furan rings is 1. The number of carbonyl (C=O) groups excluding carboxylic acids is 1. The fourth-order valence-electron chi connectivity index (χ4n) is 1.47. The number of nitrogens with one attached hydrogen (secondary N) is 1. The summed E-state index contributed by atoms with van der Waals surface area (Å²) in [5.41, 5.74) is -0.476. The summed E-state index contributed by atoms with van der Waals surface area (Å²) in [7, 11) is 0. The predicted octanol–water partition coefficient (Wildman–Crippen LogP) is 2.14. The Balaban J connectivity index is 2.33. The fourth-order valence-corrected chi connectivity index (χ4v) is 1.95. The summed E-state index contributed by atoms with van der Waals surface area (Å²) < 4.78 is 3.99. The number of aromatic nitrogens is 2. The molecule has 1 amide bonds. The van der Waals surface area contributed by atoms with Gasteiger partial charge in [0.05, 0.1) is 12.6 Å². The summed E-state index contributed by atoms with van der Waals surface area (Å²) in [6.07, 6.45) is 2.56. The summed E-state index contributed by atoms with van der Waals surface area (Å²) in [6, 6.07) is 4.16. The maximum absolute atomic E-state index is 11.9. The molecule has 9 heteroatoms. The third-order valence-electron chi connectivity index (χ3n) is 2.35. The SMILES string of the molecule is O=C(N[C@H](n1cnccc1=O)C(Cl)(Cl)Cl)c1ccco1. The number of alkyl halides is 3. The van der Waals surface area contributed by atoms with Crippen LogP contribution in [0.3, 0.4) is 0 Å². The second-order valence-electron chi connectivity index (χ2n) is 3.72. The minimum Gasteiger partial charge on any atom is -0.459 e. The average Bonchev–Trinajstić information content (AvgIpc) is 2.89. The van der Waals surface area contributed by atoms with E-state index in [4.69, 9.17) is 39.2 Å². The van der Waals surface area contributed by atoms with Crippen molar-refractivity contribution >= 4 is 40.7 Å². The quantitative estimate of drug-likeness (QED) is 0.871. The summed E-state index contributed by atoms with van der Waals surface area (Å²) in [5.74, 6) is -0.594. The Morgan fingerprint density at radius 3 is 2.70 bits per heavy atom. The van der Waals surface area contributed by atoms with Crippen LogP contribution >= 0.6 is 34.8 Å². The normalized spacial score (nSPS) is 12.9. The molecule has 2 aromatic heterocycles. The van der Waals surface area contributed by atoms with Crippen LogP contribution in [0.2, 0.25) is 0 Å². The predicted molar refractivity (Wildman–Crippen MR) is 74.0 cm³/mol. The van der Waals surface area contributed by atoms with Gasteiger partial charge < -0.3 is 9.73 Å². The van der Waals surface area contributed by atoms with E-state index in [2.05, 4.69) is 10.3 Å². The number of amides is 1. The number of halogens is 3. The van der Waals surface area contributed by atoms with Crippen LogP contribution in [0.4, 0.5) is 0 Å². The lowest BCUT2D eigenvalue weighted by molar-refractivity contribution is 0.0891. The molecule has 6 nitrogen and oxygen atoms in total. The minimum absolute atomic E-state index is 0.0289. The molecule has 0 aliphatic carbocycles. The molecule has 0 aliphatic rings. The molecule has 0 spiro atoms. The van der Waals surface area contributed by atoms with Gasteiger partial charge in [0.2, 0.25) is 3.79 Å². The van der Waals surface area contributed by atoms with Crippen molar-refractivity contribution in [2.75, 3.05) is 0 Å². The molecule has 0 radical (unpaired) electrons. The minimum atomic E-state index is -1.95. The van der Waals surface area contributed by atoms with Gasteiger partial charge in [-0.2, -0.15) is 0 Å². The van der Waals surface area contributed by atoms with Crippen LogP contribution in [0.15, 0.2) is 46.2 Å². The van der Waals surface area contributed by atoms with Gasteiger partial charge in [-0.1, -0.05) is 34.8 Å². The highest BCUT2D eigenvalue weighted by Gasteiger charge is 2.36. The van der Waals surface area contributed by atoms with E-state index in [1.165, 1.54) is 30.7 Å². The fraction of sp³-hybridized carbons (Fsp3) is 0.182. The Bertz CT molecular complexity index is 649. The van der Waals surface area contributed by atoms with Gasteiger partial charge in [-0.3, -0.25) is 14.2 Å². The average molecular weight is 337 g/mol. The highest BCUT2D eigenvalue weighted by molar-refractivity contribution is 6.67. The van der Waals surface area contributed by atoms with Crippen molar-refractivity contribution in [3.8, 4) is 0 Å². The van der Waals surface area contributed by atoms with E-state index in [-0.39, 0.29) is 5.76 Å². The van der Waals surface area contributed by atoms with E-state index in [1.54, 1.807) is 0 Å². The van der Waals surface area contributed by atoms with Gasteiger partial charge >= 0.3 is 0 Å². The van der Waals surface area contributed by atoms with Gasteiger partial charge in [0.15, 0.2) is 11.9 Å². The molecule has 2 aromatic rings. The summed E-state index contributed by atoms with van der Waals surface area (Å²) in [5, 5.41) is 2.41. The molecule has 2 rings (SSSR count). The number of carbonyl (C=O) groups is 1. The van der Waals surface area contributed by atoms with Crippen LogP contribution in [-0.2, 0) is 0 Å². The zero-order chi connectivity index (χ0) is 14.8. The lowest BCUT2D eigenvalue weighted by Crippen LogP contribution is -2.44. The van der Waals surface area contributed by atoms with Crippen LogP contribution in [0.25, 0.3) is 0 Å². The first-order valence-electron chi connectivity index (χ1n) is 5.33. The number of hydrogen-bond donors (Lipinski definition) is 1. The van der Waals surface area contributed by atoms with Crippen molar-refractivity contribution in [1.29, 1.82) is 0 Å². The second kappa shape index (κ2) is 5.87. The summed E-state index contributed by atoms with van der Waals surface area (Å²) in [6.45, 7) is 0. The zero-order valence-corrected chi connectivity index (χ0v) is 12.1. The van der Waals surface area contributed by atoms with Gasteiger partial charge in [-0.25, -0.2) is 4.98 Å². The van der Waals surface area contributed by atoms with Gasteiger partial charge in [-0.05, 0) is 12.1 Å². The molecule has 0 unspecified atom stereocenters. The highest BCUT2D eigenvalue weighted by atomic mass is 35.6. The van der Waals surface area contributed by atoms with Crippen LogP contribution in [0.1, 0.15) is 16.7 Å². The molecule has 1 N–H and O–H groups in total. The maximum Gasteiger partial charge on any atom is 0.288 e. The molecule has 1 atom stereocenters. The largest absolute Gasteiger partial charge is 0.459 e. The van der Waals surface area contributed by atoms with Crippen LogP contribution < -0.4 is 10.9 Å². The summed E-state index contributed by atoms with van der Waals surface area (Å²) >= 11 is 17.4. The van der Waals surface area contributed by atoms with Crippen molar-refractivity contribution in [1.82, 2.24) is 14.9 Å². The number of hydrogen-bond acceptors (Lipinski definition) is 4. The molecule has 2 heterocycles. The third kappa shape index (κ3) is 3.33. The Kier molecular flexibility index (Phi) is 4.37. The number of rotatable bonds is 3.